The Hall–Kier alpha value is 0.130. The molecule has 0 radical (unpaired) electrons. The van der Waals surface area contributed by atoms with Gasteiger partial charge in [0.1, 0.15) is 0 Å². The maximum absolute atomic E-state index is 10.4. The van der Waals surface area contributed by atoms with Crippen LogP contribution in [0.5, 0.6) is 0 Å². The molecule has 0 rings (SSSR count). The van der Waals surface area contributed by atoms with E-state index in [-0.39, 0.29) is 0 Å². The maximum atomic E-state index is 10.4. The number of thioether (sulfide) groups is 2. The number of carbonyl (C=O) groups excluding carboxylic acids is 1. The van der Waals surface area contributed by atoms with Crippen LogP contribution in [0.25, 0.3) is 0 Å². The van der Waals surface area contributed by atoms with Crippen LogP contribution in [0, 0.1) is 0 Å². The minimum atomic E-state index is -0.489. The Balaban J connectivity index is 3.21. The standard InChI is InChI=1S/C5H12N2OS2/c1-9-3-10-2-4(6)5(7)8/h4H,2-3,6H2,1H3,(H2,7,8)/t4-/m0/s1. The highest BCUT2D eigenvalue weighted by Crippen LogP contribution is 2.08. The molecule has 0 aliphatic heterocycles. The van der Waals surface area contributed by atoms with E-state index < -0.39 is 11.9 Å². The van der Waals surface area contributed by atoms with Crippen LogP contribution in [0.15, 0.2) is 0 Å². The molecular weight excluding hydrogens is 168 g/mol. The highest BCUT2D eigenvalue weighted by molar-refractivity contribution is 8.15. The SMILES string of the molecule is CSCSC[C@H](N)C(N)=O. The normalized spacial score (nSPS) is 13.0. The van der Waals surface area contributed by atoms with Crippen molar-refractivity contribution in [2.24, 2.45) is 11.5 Å². The third-order valence-electron chi connectivity index (χ3n) is 0.864. The number of carbonyl (C=O) groups is 1. The van der Waals surface area contributed by atoms with Crippen molar-refractivity contribution in [3.63, 3.8) is 0 Å². The fraction of sp³-hybridized carbons (Fsp3) is 0.800. The van der Waals surface area contributed by atoms with Crippen LogP contribution in [0.1, 0.15) is 0 Å². The minimum Gasteiger partial charge on any atom is -0.368 e. The third kappa shape index (κ3) is 4.96. The topological polar surface area (TPSA) is 69.1 Å². The van der Waals surface area contributed by atoms with Crippen LogP contribution >= 0.6 is 23.5 Å². The van der Waals surface area contributed by atoms with Crippen molar-refractivity contribution >= 4 is 29.4 Å². The molecule has 60 valence electrons. The maximum Gasteiger partial charge on any atom is 0.235 e. The average Bonchev–Trinajstić information content (AvgIpc) is 1.88. The number of amides is 1. The molecule has 0 aliphatic carbocycles. The van der Waals surface area contributed by atoms with Crippen LogP contribution in [-0.2, 0) is 4.79 Å². The molecular formula is C5H12N2OS2. The molecule has 3 nitrogen and oxygen atoms in total. The number of hydrogen-bond acceptors (Lipinski definition) is 4. The van der Waals surface area contributed by atoms with Gasteiger partial charge in [-0.15, -0.1) is 11.8 Å². The molecule has 0 aromatic rings. The predicted molar refractivity (Wildman–Crippen MR) is 48.0 cm³/mol. The summed E-state index contributed by atoms with van der Waals surface area (Å²) < 4.78 is 0. The lowest BCUT2D eigenvalue weighted by molar-refractivity contribution is -0.118. The molecule has 0 aromatic carbocycles. The molecule has 0 aliphatic rings. The lowest BCUT2D eigenvalue weighted by Gasteiger charge is -2.04. The Labute approximate surface area is 69.3 Å². The number of nitrogens with two attached hydrogens (primary N) is 2. The first kappa shape index (κ1) is 10.1. The fourth-order valence-corrected chi connectivity index (χ4v) is 1.81. The highest BCUT2D eigenvalue weighted by Gasteiger charge is 2.07. The smallest absolute Gasteiger partial charge is 0.235 e. The largest absolute Gasteiger partial charge is 0.368 e. The van der Waals surface area contributed by atoms with Gasteiger partial charge < -0.3 is 11.5 Å². The van der Waals surface area contributed by atoms with Gasteiger partial charge in [-0.1, -0.05) is 0 Å². The summed E-state index contributed by atoms with van der Waals surface area (Å²) in [5.41, 5.74) is 10.3. The second-order valence-corrected chi connectivity index (χ2v) is 4.05. The monoisotopic (exact) mass is 180 g/mol. The van der Waals surface area contributed by atoms with Gasteiger partial charge in [0.2, 0.25) is 5.91 Å². The van der Waals surface area contributed by atoms with E-state index in [2.05, 4.69) is 0 Å². The number of rotatable bonds is 5. The second-order valence-electron chi connectivity index (χ2n) is 1.79. The van der Waals surface area contributed by atoms with Crippen LogP contribution < -0.4 is 11.5 Å². The summed E-state index contributed by atoms with van der Waals surface area (Å²) in [6, 6.07) is -0.489. The molecule has 1 atom stereocenters. The molecule has 5 heteroatoms. The van der Waals surface area contributed by atoms with Gasteiger partial charge in [-0.3, -0.25) is 4.79 Å². The van der Waals surface area contributed by atoms with E-state index in [1.54, 1.807) is 23.5 Å². The zero-order valence-corrected chi connectivity index (χ0v) is 7.50. The number of hydrogen-bond donors (Lipinski definition) is 2. The predicted octanol–water partition coefficient (Wildman–Crippen LogP) is -0.147. The van der Waals surface area contributed by atoms with E-state index >= 15 is 0 Å². The summed E-state index contributed by atoms with van der Waals surface area (Å²) in [7, 11) is 0. The van der Waals surface area contributed by atoms with Crippen molar-refractivity contribution in [3.8, 4) is 0 Å². The van der Waals surface area contributed by atoms with E-state index in [4.69, 9.17) is 11.5 Å². The molecule has 0 spiro atoms. The average molecular weight is 180 g/mol. The zero-order valence-electron chi connectivity index (χ0n) is 5.87. The Morgan fingerprint density at radius 1 is 1.70 bits per heavy atom. The Morgan fingerprint density at radius 3 is 2.70 bits per heavy atom. The summed E-state index contributed by atoms with van der Waals surface area (Å²) in [6.45, 7) is 0. The first-order chi connectivity index (χ1) is 4.68. The van der Waals surface area contributed by atoms with Crippen molar-refractivity contribution < 1.29 is 4.79 Å². The molecule has 0 unspecified atom stereocenters. The van der Waals surface area contributed by atoms with Gasteiger partial charge in [-0.2, -0.15) is 11.8 Å². The van der Waals surface area contributed by atoms with Gasteiger partial charge in [-0.05, 0) is 6.26 Å². The van der Waals surface area contributed by atoms with Gasteiger partial charge in [0, 0.05) is 10.8 Å². The molecule has 0 bridgehead atoms. The molecule has 1 amide bonds. The summed E-state index contributed by atoms with van der Waals surface area (Å²) >= 11 is 3.34. The molecule has 4 N–H and O–H groups in total. The Kier molecular flexibility index (Phi) is 5.96. The van der Waals surface area contributed by atoms with Gasteiger partial charge >= 0.3 is 0 Å². The molecule has 0 saturated carbocycles. The summed E-state index contributed by atoms with van der Waals surface area (Å²) in [5.74, 6) is 0.199. The van der Waals surface area contributed by atoms with Crippen LogP contribution in [0.3, 0.4) is 0 Å². The summed E-state index contributed by atoms with van der Waals surface area (Å²) in [5, 5.41) is 0.959. The van der Waals surface area contributed by atoms with Crippen LogP contribution in [-0.4, -0.2) is 29.0 Å². The lowest BCUT2D eigenvalue weighted by atomic mass is 10.3. The summed E-state index contributed by atoms with van der Waals surface area (Å²) in [4.78, 5) is 10.4. The van der Waals surface area contributed by atoms with Crippen molar-refractivity contribution in [1.29, 1.82) is 0 Å². The van der Waals surface area contributed by atoms with E-state index in [0.717, 1.165) is 5.08 Å². The van der Waals surface area contributed by atoms with E-state index in [9.17, 15) is 4.79 Å². The number of primary amides is 1. The zero-order chi connectivity index (χ0) is 7.98. The first-order valence-corrected chi connectivity index (χ1v) is 5.35. The van der Waals surface area contributed by atoms with Gasteiger partial charge in [0.05, 0.1) is 6.04 Å². The van der Waals surface area contributed by atoms with Crippen LogP contribution in [0.2, 0.25) is 0 Å². The first-order valence-electron chi connectivity index (χ1n) is 2.80. The lowest BCUT2D eigenvalue weighted by Crippen LogP contribution is -2.38. The van der Waals surface area contributed by atoms with Gasteiger partial charge in [0.25, 0.3) is 0 Å². The molecule has 10 heavy (non-hydrogen) atoms. The van der Waals surface area contributed by atoms with E-state index in [0.29, 0.717) is 5.75 Å². The Bertz CT molecular complexity index is 110. The van der Waals surface area contributed by atoms with Gasteiger partial charge in [0.15, 0.2) is 0 Å². The van der Waals surface area contributed by atoms with E-state index in [1.165, 1.54) is 0 Å². The minimum absolute atomic E-state index is 0.423. The molecule has 0 heterocycles. The quantitative estimate of drug-likeness (QED) is 0.456. The van der Waals surface area contributed by atoms with Crippen molar-refractivity contribution in [3.05, 3.63) is 0 Å². The van der Waals surface area contributed by atoms with Crippen molar-refractivity contribution in [1.82, 2.24) is 0 Å². The van der Waals surface area contributed by atoms with Crippen molar-refractivity contribution in [2.45, 2.75) is 6.04 Å². The molecule has 0 saturated heterocycles. The Morgan fingerprint density at radius 2 is 2.30 bits per heavy atom. The van der Waals surface area contributed by atoms with Gasteiger partial charge in [-0.25, -0.2) is 0 Å². The summed E-state index contributed by atoms with van der Waals surface area (Å²) in [6.07, 6.45) is 2.00. The fourth-order valence-electron chi connectivity index (χ4n) is 0.341. The third-order valence-corrected chi connectivity index (χ3v) is 3.07. The molecule has 0 fully saturated rings. The van der Waals surface area contributed by atoms with Crippen molar-refractivity contribution in [2.75, 3.05) is 17.1 Å². The second kappa shape index (κ2) is 5.88. The highest BCUT2D eigenvalue weighted by atomic mass is 32.2. The van der Waals surface area contributed by atoms with E-state index in [1.807, 2.05) is 6.26 Å². The van der Waals surface area contributed by atoms with Crippen LogP contribution in [0.4, 0.5) is 0 Å². The molecule has 0 aromatic heterocycles.